The average molecular weight is 249 g/mol. The maximum absolute atomic E-state index is 12.0. The molecule has 0 unspecified atom stereocenters. The summed E-state index contributed by atoms with van der Waals surface area (Å²) in [7, 11) is 5.09. The first kappa shape index (κ1) is 12.7. The number of hydrogen-bond donors (Lipinski definition) is 0. The highest BCUT2D eigenvalue weighted by atomic mass is 16.5. The molecule has 98 valence electrons. The Morgan fingerprint density at radius 2 is 1.78 bits per heavy atom. The molecule has 1 saturated carbocycles. The van der Waals surface area contributed by atoms with Crippen molar-refractivity contribution in [3.8, 4) is 11.5 Å². The van der Waals surface area contributed by atoms with E-state index in [1.54, 1.807) is 20.3 Å². The first-order chi connectivity index (χ1) is 8.63. The molecule has 1 aromatic rings. The fraction of sp³-hybridized carbons (Fsp3) is 0.500. The molecule has 0 spiro atoms. The molecule has 0 saturated heterocycles. The normalized spacial score (nSPS) is 14.2. The topological polar surface area (TPSA) is 38.8 Å². The highest BCUT2D eigenvalue weighted by molar-refractivity contribution is 5.79. The van der Waals surface area contributed by atoms with Gasteiger partial charge in [0.15, 0.2) is 0 Å². The molecule has 0 N–H and O–H groups in total. The maximum atomic E-state index is 12.0. The number of carbonyl (C=O) groups is 1. The minimum Gasteiger partial charge on any atom is -0.497 e. The number of methoxy groups -OCH3 is 2. The Morgan fingerprint density at radius 3 is 2.22 bits per heavy atom. The second-order valence-corrected chi connectivity index (χ2v) is 4.63. The van der Waals surface area contributed by atoms with Gasteiger partial charge in [-0.15, -0.1) is 0 Å². The number of nitrogens with zero attached hydrogens (tertiary/aromatic N) is 1. The molecule has 1 aromatic carbocycles. The van der Waals surface area contributed by atoms with Gasteiger partial charge in [0.2, 0.25) is 5.91 Å². The molecule has 2 rings (SSSR count). The van der Waals surface area contributed by atoms with Gasteiger partial charge in [-0.05, 0) is 30.5 Å². The van der Waals surface area contributed by atoms with Crippen molar-refractivity contribution < 1.29 is 14.3 Å². The predicted octanol–water partition coefficient (Wildman–Crippen LogP) is 1.87. The second-order valence-electron chi connectivity index (χ2n) is 4.63. The van der Waals surface area contributed by atoms with Gasteiger partial charge in [-0.1, -0.05) is 0 Å². The molecule has 0 radical (unpaired) electrons. The Morgan fingerprint density at radius 1 is 1.22 bits per heavy atom. The summed E-state index contributed by atoms with van der Waals surface area (Å²) in [5, 5.41) is 0. The van der Waals surface area contributed by atoms with Gasteiger partial charge in [0.05, 0.1) is 20.6 Å². The minimum atomic E-state index is 0.146. The summed E-state index contributed by atoms with van der Waals surface area (Å²) in [5.41, 5.74) is 0.920. The summed E-state index contributed by atoms with van der Waals surface area (Å²) < 4.78 is 10.4. The van der Waals surface area contributed by atoms with Crippen LogP contribution in [0.5, 0.6) is 11.5 Å². The van der Waals surface area contributed by atoms with E-state index in [4.69, 9.17) is 9.47 Å². The van der Waals surface area contributed by atoms with E-state index in [2.05, 4.69) is 0 Å². The van der Waals surface area contributed by atoms with E-state index in [9.17, 15) is 4.79 Å². The van der Waals surface area contributed by atoms with Gasteiger partial charge in [-0.25, -0.2) is 0 Å². The van der Waals surface area contributed by atoms with Gasteiger partial charge in [0.1, 0.15) is 11.5 Å². The Balaban J connectivity index is 2.09. The van der Waals surface area contributed by atoms with E-state index < -0.39 is 0 Å². The van der Waals surface area contributed by atoms with E-state index in [0.29, 0.717) is 24.0 Å². The summed E-state index contributed by atoms with van der Waals surface area (Å²) in [6, 6.07) is 6.01. The third-order valence-corrected chi connectivity index (χ3v) is 3.25. The quantitative estimate of drug-likeness (QED) is 0.799. The Labute approximate surface area is 107 Å². The number of amides is 1. The van der Waals surface area contributed by atoms with Crippen LogP contribution in [0.1, 0.15) is 18.4 Å². The van der Waals surface area contributed by atoms with E-state index in [0.717, 1.165) is 18.4 Å². The SMILES string of the molecule is COc1cc(CC(=O)N(C)C2CC2)cc(OC)c1. The van der Waals surface area contributed by atoms with Gasteiger partial charge >= 0.3 is 0 Å². The molecule has 1 fully saturated rings. The first-order valence-corrected chi connectivity index (χ1v) is 6.11. The largest absolute Gasteiger partial charge is 0.497 e. The number of carbonyl (C=O) groups excluding carboxylic acids is 1. The highest BCUT2D eigenvalue weighted by Gasteiger charge is 2.29. The summed E-state index contributed by atoms with van der Waals surface area (Å²) in [6.45, 7) is 0. The van der Waals surface area contributed by atoms with Gasteiger partial charge < -0.3 is 14.4 Å². The van der Waals surface area contributed by atoms with E-state index >= 15 is 0 Å². The first-order valence-electron chi connectivity index (χ1n) is 6.11. The lowest BCUT2D eigenvalue weighted by molar-refractivity contribution is -0.129. The zero-order valence-corrected chi connectivity index (χ0v) is 11.1. The molecule has 4 heteroatoms. The lowest BCUT2D eigenvalue weighted by Crippen LogP contribution is -2.30. The molecular formula is C14H19NO3. The van der Waals surface area contributed by atoms with Crippen LogP contribution in [-0.2, 0) is 11.2 Å². The molecular weight excluding hydrogens is 230 g/mol. The molecule has 0 aliphatic heterocycles. The van der Waals surface area contributed by atoms with Crippen molar-refractivity contribution in [1.29, 1.82) is 0 Å². The average Bonchev–Trinajstić information content (AvgIpc) is 3.21. The van der Waals surface area contributed by atoms with Crippen molar-refractivity contribution in [2.24, 2.45) is 0 Å². The molecule has 4 nitrogen and oxygen atoms in total. The lowest BCUT2D eigenvalue weighted by atomic mass is 10.1. The Hall–Kier alpha value is -1.71. The van der Waals surface area contributed by atoms with Crippen LogP contribution in [0.25, 0.3) is 0 Å². The predicted molar refractivity (Wildman–Crippen MR) is 69.0 cm³/mol. The minimum absolute atomic E-state index is 0.146. The number of hydrogen-bond acceptors (Lipinski definition) is 3. The van der Waals surface area contributed by atoms with Crippen molar-refractivity contribution in [2.75, 3.05) is 21.3 Å². The van der Waals surface area contributed by atoms with Crippen LogP contribution in [0.3, 0.4) is 0 Å². The Bertz CT molecular complexity index is 418. The molecule has 18 heavy (non-hydrogen) atoms. The van der Waals surface area contributed by atoms with Crippen LogP contribution >= 0.6 is 0 Å². The van der Waals surface area contributed by atoms with Gasteiger partial charge in [-0.2, -0.15) is 0 Å². The third kappa shape index (κ3) is 2.94. The fourth-order valence-corrected chi connectivity index (χ4v) is 1.93. The van der Waals surface area contributed by atoms with Crippen molar-refractivity contribution in [3.63, 3.8) is 0 Å². The molecule has 1 aliphatic carbocycles. The summed E-state index contributed by atoms with van der Waals surface area (Å²) in [4.78, 5) is 13.9. The second kappa shape index (κ2) is 5.29. The van der Waals surface area contributed by atoms with Crippen LogP contribution in [-0.4, -0.2) is 38.1 Å². The van der Waals surface area contributed by atoms with Crippen molar-refractivity contribution in [3.05, 3.63) is 23.8 Å². The molecule has 0 heterocycles. The number of likely N-dealkylation sites (N-methyl/N-ethyl adjacent to an activating group) is 1. The molecule has 0 aromatic heterocycles. The number of ether oxygens (including phenoxy) is 2. The van der Waals surface area contributed by atoms with Crippen molar-refractivity contribution in [1.82, 2.24) is 4.90 Å². The van der Waals surface area contributed by atoms with E-state index in [1.165, 1.54) is 0 Å². The molecule has 0 atom stereocenters. The summed E-state index contributed by atoms with van der Waals surface area (Å²) in [5.74, 6) is 1.57. The van der Waals surface area contributed by atoms with Crippen LogP contribution < -0.4 is 9.47 Å². The van der Waals surface area contributed by atoms with Crippen LogP contribution in [0.2, 0.25) is 0 Å². The fourth-order valence-electron chi connectivity index (χ4n) is 1.93. The molecule has 1 amide bonds. The summed E-state index contributed by atoms with van der Waals surface area (Å²) >= 11 is 0. The zero-order valence-electron chi connectivity index (χ0n) is 11.1. The van der Waals surface area contributed by atoms with Crippen LogP contribution in [0.15, 0.2) is 18.2 Å². The maximum Gasteiger partial charge on any atom is 0.226 e. The number of rotatable bonds is 5. The number of benzene rings is 1. The van der Waals surface area contributed by atoms with Crippen LogP contribution in [0, 0.1) is 0 Å². The zero-order chi connectivity index (χ0) is 13.1. The van der Waals surface area contributed by atoms with Crippen molar-refractivity contribution in [2.45, 2.75) is 25.3 Å². The molecule has 0 bridgehead atoms. The monoisotopic (exact) mass is 249 g/mol. The summed E-state index contributed by atoms with van der Waals surface area (Å²) in [6.07, 6.45) is 2.65. The van der Waals surface area contributed by atoms with Gasteiger partial charge in [0, 0.05) is 19.2 Å². The Kier molecular flexibility index (Phi) is 3.75. The standard InChI is InChI=1S/C14H19NO3/c1-15(11-4-5-11)14(16)8-10-6-12(17-2)9-13(7-10)18-3/h6-7,9,11H,4-5,8H2,1-3H3. The van der Waals surface area contributed by atoms with Gasteiger partial charge in [0.25, 0.3) is 0 Å². The smallest absolute Gasteiger partial charge is 0.226 e. The van der Waals surface area contributed by atoms with Crippen LogP contribution in [0.4, 0.5) is 0 Å². The van der Waals surface area contributed by atoms with E-state index in [1.807, 2.05) is 24.1 Å². The third-order valence-electron chi connectivity index (χ3n) is 3.25. The van der Waals surface area contributed by atoms with E-state index in [-0.39, 0.29) is 5.91 Å². The molecule has 1 aliphatic rings. The lowest BCUT2D eigenvalue weighted by Gasteiger charge is -2.16. The highest BCUT2D eigenvalue weighted by Crippen LogP contribution is 2.27. The van der Waals surface area contributed by atoms with Crippen molar-refractivity contribution >= 4 is 5.91 Å². The van der Waals surface area contributed by atoms with Gasteiger partial charge in [-0.3, -0.25) is 4.79 Å².